The van der Waals surface area contributed by atoms with Crippen LogP contribution in [-0.4, -0.2) is 54.2 Å². The predicted octanol–water partition coefficient (Wildman–Crippen LogP) is 2.87. The third-order valence-electron chi connectivity index (χ3n) is 5.22. The third-order valence-corrected chi connectivity index (χ3v) is 5.22. The first-order valence-corrected chi connectivity index (χ1v) is 9.04. The lowest BCUT2D eigenvalue weighted by molar-refractivity contribution is -0.133. The number of nitrogens with zero attached hydrogens (tertiary/aromatic N) is 2. The molecule has 0 bridgehead atoms. The van der Waals surface area contributed by atoms with Gasteiger partial charge in [-0.3, -0.25) is 14.5 Å². The second kappa shape index (κ2) is 8.04. The highest BCUT2D eigenvalue weighted by atomic mass is 19.1. The van der Waals surface area contributed by atoms with E-state index in [1.165, 1.54) is 6.42 Å². The molecule has 2 heterocycles. The third kappa shape index (κ3) is 4.42. The highest BCUT2D eigenvalue weighted by Crippen LogP contribution is 2.24. The normalized spacial score (nSPS) is 19.8. The van der Waals surface area contributed by atoms with Gasteiger partial charge < -0.3 is 4.90 Å². The molecule has 0 N–H and O–H groups in total. The molecule has 0 unspecified atom stereocenters. The molecule has 2 aliphatic rings. The van der Waals surface area contributed by atoms with Gasteiger partial charge in [0.2, 0.25) is 5.91 Å². The van der Waals surface area contributed by atoms with Crippen LogP contribution in [0.2, 0.25) is 0 Å². The van der Waals surface area contributed by atoms with Crippen LogP contribution in [0.5, 0.6) is 0 Å². The maximum absolute atomic E-state index is 13.8. The molecule has 1 aromatic carbocycles. The summed E-state index contributed by atoms with van der Waals surface area (Å²) >= 11 is 0. The van der Waals surface area contributed by atoms with Crippen molar-refractivity contribution in [3.05, 3.63) is 35.4 Å². The topological polar surface area (TPSA) is 40.6 Å². The molecule has 2 fully saturated rings. The summed E-state index contributed by atoms with van der Waals surface area (Å²) in [5.41, 5.74) is -0.164. The van der Waals surface area contributed by atoms with Gasteiger partial charge in [0.15, 0.2) is 5.78 Å². The van der Waals surface area contributed by atoms with E-state index in [1.54, 1.807) is 0 Å². The van der Waals surface area contributed by atoms with E-state index in [4.69, 9.17) is 0 Å². The summed E-state index contributed by atoms with van der Waals surface area (Å²) in [7, 11) is 0. The van der Waals surface area contributed by atoms with E-state index in [0.29, 0.717) is 32.5 Å². The van der Waals surface area contributed by atoms with Gasteiger partial charge in [0, 0.05) is 19.0 Å². The maximum Gasteiger partial charge on any atom is 0.236 e. The molecule has 136 valence electrons. The fraction of sp³-hybridized carbons (Fsp3) is 0.579. The van der Waals surface area contributed by atoms with E-state index >= 15 is 0 Å². The molecule has 0 aromatic heterocycles. The van der Waals surface area contributed by atoms with Crippen LogP contribution in [0.25, 0.3) is 0 Å². The molecule has 1 amide bonds. The Hall–Kier alpha value is -1.82. The lowest BCUT2D eigenvalue weighted by Gasteiger charge is -2.33. The molecule has 0 radical (unpaired) electrons. The summed E-state index contributed by atoms with van der Waals surface area (Å²) in [6, 6.07) is 2.99. The van der Waals surface area contributed by atoms with E-state index in [1.807, 2.05) is 4.90 Å². The number of carbonyl (C=O) groups is 2. The molecule has 0 atom stereocenters. The van der Waals surface area contributed by atoms with Crippen LogP contribution in [-0.2, 0) is 4.79 Å². The minimum absolute atomic E-state index is 0.153. The lowest BCUT2D eigenvalue weighted by atomic mass is 9.88. The summed E-state index contributed by atoms with van der Waals surface area (Å²) in [6.45, 7) is 3.33. The van der Waals surface area contributed by atoms with Gasteiger partial charge in [0.05, 0.1) is 12.1 Å². The molecule has 6 heteroatoms. The molecular formula is C19H24F2N2O2. The number of amides is 1. The molecule has 4 nitrogen and oxygen atoms in total. The monoisotopic (exact) mass is 350 g/mol. The Bertz CT molecular complexity index is 636. The number of Topliss-reactive ketones (excluding diaryl/α,β-unsaturated/α-hetero) is 1. The minimum atomic E-state index is -0.672. The number of carbonyl (C=O) groups excluding carboxylic acids is 2. The summed E-state index contributed by atoms with van der Waals surface area (Å²) in [5, 5.41) is 0. The summed E-state index contributed by atoms with van der Waals surface area (Å²) in [6.07, 6.45) is 4.47. The zero-order chi connectivity index (χ0) is 17.8. The fourth-order valence-corrected chi connectivity index (χ4v) is 3.69. The Kier molecular flexibility index (Phi) is 5.78. The van der Waals surface area contributed by atoms with E-state index in [-0.39, 0.29) is 23.2 Å². The average Bonchev–Trinajstić information content (AvgIpc) is 2.64. The molecule has 2 aliphatic heterocycles. The largest absolute Gasteiger partial charge is 0.342 e. The van der Waals surface area contributed by atoms with Gasteiger partial charge in [-0.1, -0.05) is 0 Å². The molecule has 0 aliphatic carbocycles. The molecule has 0 saturated carbocycles. The van der Waals surface area contributed by atoms with Crippen LogP contribution in [0.15, 0.2) is 18.2 Å². The SMILES string of the molecule is O=C(c1cc(F)ccc1F)C1CCN(CC(=O)N2CCCCC2)CC1. The first-order chi connectivity index (χ1) is 12.0. The highest BCUT2D eigenvalue weighted by Gasteiger charge is 2.29. The summed E-state index contributed by atoms with van der Waals surface area (Å²) < 4.78 is 27.1. The molecule has 2 saturated heterocycles. The van der Waals surface area contributed by atoms with Crippen molar-refractivity contribution in [2.45, 2.75) is 32.1 Å². The first-order valence-electron chi connectivity index (χ1n) is 9.04. The quantitative estimate of drug-likeness (QED) is 0.784. The second-order valence-corrected chi connectivity index (χ2v) is 6.98. The van der Waals surface area contributed by atoms with Crippen LogP contribution in [0.1, 0.15) is 42.5 Å². The number of benzene rings is 1. The van der Waals surface area contributed by atoms with Crippen LogP contribution >= 0.6 is 0 Å². The zero-order valence-corrected chi connectivity index (χ0v) is 14.3. The van der Waals surface area contributed by atoms with E-state index in [2.05, 4.69) is 4.90 Å². The summed E-state index contributed by atoms with van der Waals surface area (Å²) in [5.74, 6) is -1.76. The number of likely N-dealkylation sites (tertiary alicyclic amines) is 2. The minimum Gasteiger partial charge on any atom is -0.342 e. The molecule has 1 aromatic rings. The Labute approximate surface area is 146 Å². The molecule has 3 rings (SSSR count). The summed E-state index contributed by atoms with van der Waals surface area (Å²) in [4.78, 5) is 28.7. The van der Waals surface area contributed by atoms with E-state index in [0.717, 1.165) is 44.1 Å². The number of ketones is 1. The second-order valence-electron chi connectivity index (χ2n) is 6.98. The zero-order valence-electron chi connectivity index (χ0n) is 14.3. The number of rotatable bonds is 4. The van der Waals surface area contributed by atoms with Crippen molar-refractivity contribution in [2.75, 3.05) is 32.7 Å². The highest BCUT2D eigenvalue weighted by molar-refractivity contribution is 5.98. The first kappa shape index (κ1) is 18.0. The van der Waals surface area contributed by atoms with Gasteiger partial charge in [0.25, 0.3) is 0 Å². The van der Waals surface area contributed by atoms with Gasteiger partial charge in [0.1, 0.15) is 11.6 Å². The van der Waals surface area contributed by atoms with Crippen LogP contribution in [0.4, 0.5) is 8.78 Å². The standard InChI is InChI=1S/C19H24F2N2O2/c20-15-4-5-17(21)16(12-15)19(25)14-6-10-22(11-7-14)13-18(24)23-8-2-1-3-9-23/h4-5,12,14H,1-3,6-11,13H2. The number of hydrogen-bond acceptors (Lipinski definition) is 3. The van der Waals surface area contributed by atoms with Crippen molar-refractivity contribution in [1.82, 2.24) is 9.80 Å². The van der Waals surface area contributed by atoms with Crippen molar-refractivity contribution >= 4 is 11.7 Å². The van der Waals surface area contributed by atoms with Crippen molar-refractivity contribution in [3.63, 3.8) is 0 Å². The molecular weight excluding hydrogens is 326 g/mol. The molecule has 0 spiro atoms. The smallest absolute Gasteiger partial charge is 0.236 e. The van der Waals surface area contributed by atoms with Gasteiger partial charge >= 0.3 is 0 Å². The Morgan fingerprint density at radius 1 is 1.00 bits per heavy atom. The van der Waals surface area contributed by atoms with E-state index < -0.39 is 11.6 Å². The van der Waals surface area contributed by atoms with Crippen molar-refractivity contribution in [2.24, 2.45) is 5.92 Å². The van der Waals surface area contributed by atoms with Crippen molar-refractivity contribution in [3.8, 4) is 0 Å². The average molecular weight is 350 g/mol. The maximum atomic E-state index is 13.8. The Morgan fingerprint density at radius 3 is 2.36 bits per heavy atom. The Morgan fingerprint density at radius 2 is 1.68 bits per heavy atom. The number of hydrogen-bond donors (Lipinski definition) is 0. The number of halogens is 2. The lowest BCUT2D eigenvalue weighted by Crippen LogP contribution is -2.45. The van der Waals surface area contributed by atoms with Crippen molar-refractivity contribution < 1.29 is 18.4 Å². The van der Waals surface area contributed by atoms with Gasteiger partial charge in [-0.2, -0.15) is 0 Å². The van der Waals surface area contributed by atoms with Gasteiger partial charge in [-0.25, -0.2) is 8.78 Å². The fourth-order valence-electron chi connectivity index (χ4n) is 3.69. The Balaban J connectivity index is 1.52. The van der Waals surface area contributed by atoms with Crippen LogP contribution in [0, 0.1) is 17.6 Å². The van der Waals surface area contributed by atoms with E-state index in [9.17, 15) is 18.4 Å². The van der Waals surface area contributed by atoms with Crippen LogP contribution in [0.3, 0.4) is 0 Å². The van der Waals surface area contributed by atoms with Gasteiger partial charge in [-0.15, -0.1) is 0 Å². The predicted molar refractivity (Wildman–Crippen MR) is 90.3 cm³/mol. The van der Waals surface area contributed by atoms with Crippen LogP contribution < -0.4 is 0 Å². The molecule has 25 heavy (non-hydrogen) atoms. The number of piperidine rings is 2. The van der Waals surface area contributed by atoms with Crippen molar-refractivity contribution in [1.29, 1.82) is 0 Å². The van der Waals surface area contributed by atoms with Gasteiger partial charge in [-0.05, 0) is 63.4 Å².